The summed E-state index contributed by atoms with van der Waals surface area (Å²) in [5, 5.41) is 0. The smallest absolute Gasteiger partial charge is 0.146 e. The van der Waals surface area contributed by atoms with Gasteiger partial charge in [-0.15, -0.1) is 0 Å². The molecule has 52 valence electrons. The molecule has 0 aromatic heterocycles. The Kier molecular flexibility index (Phi) is 1.44. The molecule has 0 aromatic rings. The monoisotopic (exact) mass is 128 g/mol. The van der Waals surface area contributed by atoms with Gasteiger partial charge < -0.3 is 9.47 Å². The number of hydrogen-bond donors (Lipinski definition) is 0. The summed E-state index contributed by atoms with van der Waals surface area (Å²) in [6.45, 7) is 2.39. The van der Waals surface area contributed by atoms with E-state index in [0.29, 0.717) is 6.79 Å². The molecule has 2 aliphatic rings. The molecular formula is C7H12O2. The van der Waals surface area contributed by atoms with E-state index in [-0.39, 0.29) is 0 Å². The van der Waals surface area contributed by atoms with Gasteiger partial charge in [0.15, 0.2) is 0 Å². The van der Waals surface area contributed by atoms with Crippen LogP contribution in [0, 0.1) is 11.8 Å². The molecule has 0 amide bonds. The minimum Gasteiger partial charge on any atom is -0.355 e. The van der Waals surface area contributed by atoms with Crippen LogP contribution >= 0.6 is 0 Å². The molecule has 2 nitrogen and oxygen atoms in total. The third kappa shape index (κ3) is 1.25. The summed E-state index contributed by atoms with van der Waals surface area (Å²) in [6, 6.07) is 0. The van der Waals surface area contributed by atoms with E-state index in [1.54, 1.807) is 0 Å². The average Bonchev–Trinajstić information content (AvgIpc) is 2.71. The van der Waals surface area contributed by atoms with Crippen molar-refractivity contribution in [3.8, 4) is 0 Å². The van der Waals surface area contributed by atoms with Crippen molar-refractivity contribution in [2.45, 2.75) is 12.8 Å². The second kappa shape index (κ2) is 2.27. The van der Waals surface area contributed by atoms with E-state index in [9.17, 15) is 0 Å². The predicted octanol–water partition coefficient (Wildman–Crippen LogP) is 1.02. The van der Waals surface area contributed by atoms with E-state index in [2.05, 4.69) is 0 Å². The van der Waals surface area contributed by atoms with E-state index in [0.717, 1.165) is 25.0 Å². The highest BCUT2D eigenvalue weighted by Crippen LogP contribution is 2.37. The largest absolute Gasteiger partial charge is 0.355 e. The van der Waals surface area contributed by atoms with Crippen LogP contribution < -0.4 is 0 Å². The Balaban J connectivity index is 1.80. The van der Waals surface area contributed by atoms with Crippen molar-refractivity contribution in [1.82, 2.24) is 0 Å². The van der Waals surface area contributed by atoms with Crippen LogP contribution in [-0.4, -0.2) is 20.0 Å². The molecule has 0 aromatic carbocycles. The van der Waals surface area contributed by atoms with Gasteiger partial charge in [-0.3, -0.25) is 0 Å². The maximum absolute atomic E-state index is 5.16. The fourth-order valence-electron chi connectivity index (χ4n) is 1.35. The number of rotatable bonds is 1. The Bertz CT molecular complexity index is 93.1. The van der Waals surface area contributed by atoms with Crippen molar-refractivity contribution < 1.29 is 9.47 Å². The quantitative estimate of drug-likeness (QED) is 0.525. The van der Waals surface area contributed by atoms with Gasteiger partial charge in [-0.1, -0.05) is 0 Å². The second-order valence-corrected chi connectivity index (χ2v) is 2.96. The van der Waals surface area contributed by atoms with Crippen LogP contribution in [0.3, 0.4) is 0 Å². The minimum absolute atomic E-state index is 0.517. The van der Waals surface area contributed by atoms with Crippen LogP contribution in [0.15, 0.2) is 0 Å². The van der Waals surface area contributed by atoms with Crippen LogP contribution in [0.1, 0.15) is 12.8 Å². The van der Waals surface area contributed by atoms with Gasteiger partial charge >= 0.3 is 0 Å². The Morgan fingerprint density at radius 3 is 2.11 bits per heavy atom. The zero-order valence-corrected chi connectivity index (χ0v) is 5.51. The Hall–Kier alpha value is -0.0800. The normalized spacial score (nSPS) is 30.7. The molecule has 1 heterocycles. The van der Waals surface area contributed by atoms with Gasteiger partial charge in [0.2, 0.25) is 0 Å². The van der Waals surface area contributed by atoms with Crippen LogP contribution in [-0.2, 0) is 9.47 Å². The van der Waals surface area contributed by atoms with E-state index < -0.39 is 0 Å². The molecule has 1 aliphatic heterocycles. The molecule has 0 unspecified atom stereocenters. The summed E-state index contributed by atoms with van der Waals surface area (Å²) < 4.78 is 10.3. The second-order valence-electron chi connectivity index (χ2n) is 2.96. The summed E-state index contributed by atoms with van der Waals surface area (Å²) >= 11 is 0. The first kappa shape index (κ1) is 5.69. The summed E-state index contributed by atoms with van der Waals surface area (Å²) in [6.07, 6.45) is 2.80. The van der Waals surface area contributed by atoms with Crippen LogP contribution in [0.5, 0.6) is 0 Å². The van der Waals surface area contributed by atoms with Crippen molar-refractivity contribution in [2.75, 3.05) is 20.0 Å². The van der Waals surface area contributed by atoms with Gasteiger partial charge in [-0.2, -0.15) is 0 Å². The molecule has 0 radical (unpaired) electrons. The molecule has 0 atom stereocenters. The minimum atomic E-state index is 0.517. The highest BCUT2D eigenvalue weighted by atomic mass is 16.7. The first-order chi connectivity index (χ1) is 4.47. The van der Waals surface area contributed by atoms with E-state index in [1.165, 1.54) is 12.8 Å². The zero-order valence-electron chi connectivity index (χ0n) is 5.51. The summed E-state index contributed by atoms with van der Waals surface area (Å²) in [5.74, 6) is 1.66. The SMILES string of the molecule is C1OCC(C2CC2)CO1. The molecule has 0 spiro atoms. The summed E-state index contributed by atoms with van der Waals surface area (Å²) in [5.41, 5.74) is 0. The number of hydrogen-bond acceptors (Lipinski definition) is 2. The maximum Gasteiger partial charge on any atom is 0.146 e. The Labute approximate surface area is 55.1 Å². The third-order valence-electron chi connectivity index (χ3n) is 2.12. The Morgan fingerprint density at radius 1 is 0.889 bits per heavy atom. The molecule has 2 fully saturated rings. The number of ether oxygens (including phenoxy) is 2. The lowest BCUT2D eigenvalue weighted by atomic mass is 10.1. The van der Waals surface area contributed by atoms with Crippen molar-refractivity contribution in [3.05, 3.63) is 0 Å². The average molecular weight is 128 g/mol. The molecule has 1 saturated heterocycles. The van der Waals surface area contributed by atoms with E-state index >= 15 is 0 Å². The predicted molar refractivity (Wildman–Crippen MR) is 33.0 cm³/mol. The zero-order chi connectivity index (χ0) is 6.10. The first-order valence-corrected chi connectivity index (χ1v) is 3.62. The maximum atomic E-state index is 5.16. The van der Waals surface area contributed by atoms with Gasteiger partial charge in [-0.25, -0.2) is 0 Å². The van der Waals surface area contributed by atoms with Crippen molar-refractivity contribution >= 4 is 0 Å². The van der Waals surface area contributed by atoms with Crippen molar-refractivity contribution in [2.24, 2.45) is 11.8 Å². The molecular weight excluding hydrogens is 116 g/mol. The van der Waals surface area contributed by atoms with Gasteiger partial charge in [0.05, 0.1) is 13.2 Å². The molecule has 1 aliphatic carbocycles. The lowest BCUT2D eigenvalue weighted by Gasteiger charge is -2.21. The van der Waals surface area contributed by atoms with Gasteiger partial charge in [0.1, 0.15) is 6.79 Å². The fourth-order valence-corrected chi connectivity index (χ4v) is 1.35. The summed E-state index contributed by atoms with van der Waals surface area (Å²) in [4.78, 5) is 0. The van der Waals surface area contributed by atoms with Crippen molar-refractivity contribution in [1.29, 1.82) is 0 Å². The lowest BCUT2D eigenvalue weighted by Crippen LogP contribution is -2.25. The molecule has 1 saturated carbocycles. The third-order valence-corrected chi connectivity index (χ3v) is 2.12. The van der Waals surface area contributed by atoms with Crippen LogP contribution in [0.25, 0.3) is 0 Å². The Morgan fingerprint density at radius 2 is 1.56 bits per heavy atom. The molecule has 0 bridgehead atoms. The topological polar surface area (TPSA) is 18.5 Å². The fraction of sp³-hybridized carbons (Fsp3) is 1.00. The van der Waals surface area contributed by atoms with Crippen LogP contribution in [0.2, 0.25) is 0 Å². The molecule has 2 heteroatoms. The molecule has 0 N–H and O–H groups in total. The standard InChI is InChI=1S/C7H12O2/c1-2-6(1)7-3-8-5-9-4-7/h6-7H,1-5H2. The van der Waals surface area contributed by atoms with Crippen molar-refractivity contribution in [3.63, 3.8) is 0 Å². The summed E-state index contributed by atoms with van der Waals surface area (Å²) in [7, 11) is 0. The first-order valence-electron chi connectivity index (χ1n) is 3.62. The van der Waals surface area contributed by atoms with E-state index in [4.69, 9.17) is 9.47 Å². The van der Waals surface area contributed by atoms with Gasteiger partial charge in [-0.05, 0) is 18.8 Å². The molecule has 9 heavy (non-hydrogen) atoms. The highest BCUT2D eigenvalue weighted by molar-refractivity contribution is 4.81. The van der Waals surface area contributed by atoms with Crippen LogP contribution in [0.4, 0.5) is 0 Å². The van der Waals surface area contributed by atoms with Gasteiger partial charge in [0.25, 0.3) is 0 Å². The molecule has 2 rings (SSSR count). The highest BCUT2D eigenvalue weighted by Gasteiger charge is 2.32. The van der Waals surface area contributed by atoms with E-state index in [1.807, 2.05) is 0 Å². The lowest BCUT2D eigenvalue weighted by molar-refractivity contribution is -0.130. The van der Waals surface area contributed by atoms with Gasteiger partial charge in [0, 0.05) is 5.92 Å².